The van der Waals surface area contributed by atoms with Crippen molar-refractivity contribution in [2.75, 3.05) is 12.5 Å². The molecule has 1 aromatic heterocycles. The molecule has 0 atom stereocenters. The lowest BCUT2D eigenvalue weighted by Crippen LogP contribution is -2.10. The summed E-state index contributed by atoms with van der Waals surface area (Å²) >= 11 is 0. The van der Waals surface area contributed by atoms with Gasteiger partial charge in [-0.1, -0.05) is 0 Å². The highest BCUT2D eigenvalue weighted by Gasteiger charge is 2.13. The number of rotatable bonds is 3. The Morgan fingerprint density at radius 3 is 2.58 bits per heavy atom. The third-order valence-corrected chi connectivity index (χ3v) is 3.31. The van der Waals surface area contributed by atoms with Gasteiger partial charge in [0.2, 0.25) is 5.95 Å². The lowest BCUT2D eigenvalue weighted by molar-refractivity contribution is 0.411. The highest BCUT2D eigenvalue weighted by Crippen LogP contribution is 2.33. The number of hydrogen-bond acceptors (Lipinski definition) is 5. The average Bonchev–Trinajstić information content (AvgIpc) is 2.43. The van der Waals surface area contributed by atoms with E-state index in [9.17, 15) is 0 Å². The number of aryl methyl sites for hydroxylation is 1. The molecular formula is C14H18N4O. The Bertz CT molecular complexity index is 611. The van der Waals surface area contributed by atoms with E-state index in [1.165, 1.54) is 0 Å². The van der Waals surface area contributed by atoms with Crippen LogP contribution in [0.15, 0.2) is 18.3 Å². The largest absolute Gasteiger partial charge is 0.496 e. The van der Waals surface area contributed by atoms with Gasteiger partial charge in [-0.3, -0.25) is 5.43 Å². The number of hydrogen-bond donors (Lipinski definition) is 2. The van der Waals surface area contributed by atoms with Gasteiger partial charge in [0.25, 0.3) is 0 Å². The van der Waals surface area contributed by atoms with Gasteiger partial charge in [-0.15, -0.1) is 0 Å². The fourth-order valence-electron chi connectivity index (χ4n) is 2.22. The van der Waals surface area contributed by atoms with E-state index >= 15 is 0 Å². The fourth-order valence-corrected chi connectivity index (χ4v) is 2.22. The first-order valence-corrected chi connectivity index (χ1v) is 6.03. The van der Waals surface area contributed by atoms with Crippen molar-refractivity contribution in [1.82, 2.24) is 9.97 Å². The molecule has 5 nitrogen and oxygen atoms in total. The maximum atomic E-state index is 5.38. The lowest BCUT2D eigenvalue weighted by atomic mass is 9.95. The topological polar surface area (TPSA) is 73.1 Å². The molecule has 0 amide bonds. The Morgan fingerprint density at radius 2 is 1.95 bits per heavy atom. The minimum Gasteiger partial charge on any atom is -0.496 e. The van der Waals surface area contributed by atoms with Crippen molar-refractivity contribution in [1.29, 1.82) is 0 Å². The Labute approximate surface area is 112 Å². The van der Waals surface area contributed by atoms with Gasteiger partial charge in [0, 0.05) is 11.8 Å². The number of aromatic nitrogens is 2. The van der Waals surface area contributed by atoms with Crippen LogP contribution in [0, 0.1) is 20.8 Å². The van der Waals surface area contributed by atoms with E-state index in [4.69, 9.17) is 10.6 Å². The number of nitrogens with one attached hydrogen (secondary N) is 1. The van der Waals surface area contributed by atoms with Crippen LogP contribution in [0.5, 0.6) is 5.75 Å². The molecule has 0 saturated heterocycles. The van der Waals surface area contributed by atoms with Crippen LogP contribution in [0.3, 0.4) is 0 Å². The number of nitrogens with zero attached hydrogens (tertiary/aromatic N) is 2. The Morgan fingerprint density at radius 1 is 1.21 bits per heavy atom. The molecule has 0 bridgehead atoms. The zero-order valence-electron chi connectivity index (χ0n) is 11.6. The second-order valence-corrected chi connectivity index (χ2v) is 4.43. The number of ether oxygens (including phenoxy) is 1. The third kappa shape index (κ3) is 2.37. The monoisotopic (exact) mass is 258 g/mol. The number of methoxy groups -OCH3 is 1. The fraction of sp³-hybridized carbons (Fsp3) is 0.286. The number of hydrazine groups is 1. The summed E-state index contributed by atoms with van der Waals surface area (Å²) in [7, 11) is 1.68. The quantitative estimate of drug-likeness (QED) is 0.653. The zero-order chi connectivity index (χ0) is 14.0. The summed E-state index contributed by atoms with van der Waals surface area (Å²) in [5.74, 6) is 6.65. The molecule has 0 fully saturated rings. The molecule has 1 aromatic carbocycles. The molecule has 2 rings (SSSR count). The van der Waals surface area contributed by atoms with E-state index in [1.54, 1.807) is 13.3 Å². The zero-order valence-corrected chi connectivity index (χ0v) is 11.6. The van der Waals surface area contributed by atoms with E-state index in [0.717, 1.165) is 33.7 Å². The van der Waals surface area contributed by atoms with Crippen LogP contribution < -0.4 is 16.0 Å². The number of nitrogen functional groups attached to an aromatic ring is 1. The summed E-state index contributed by atoms with van der Waals surface area (Å²) in [6.45, 7) is 6.15. The van der Waals surface area contributed by atoms with Gasteiger partial charge < -0.3 is 4.74 Å². The highest BCUT2D eigenvalue weighted by atomic mass is 16.5. The van der Waals surface area contributed by atoms with Gasteiger partial charge in [0.05, 0.1) is 12.8 Å². The molecular weight excluding hydrogens is 240 g/mol. The standard InChI is InChI=1S/C14H18N4O/c1-8-7-12(19-4)9(2)10(3)13(8)11-5-6-16-14(17-11)18-15/h5-7H,15H2,1-4H3,(H,16,17,18). The van der Waals surface area contributed by atoms with Crippen LogP contribution in [0.1, 0.15) is 16.7 Å². The van der Waals surface area contributed by atoms with Crippen molar-refractivity contribution in [2.45, 2.75) is 20.8 Å². The van der Waals surface area contributed by atoms with Gasteiger partial charge in [-0.05, 0) is 49.6 Å². The van der Waals surface area contributed by atoms with Gasteiger partial charge in [0.15, 0.2) is 0 Å². The van der Waals surface area contributed by atoms with E-state index in [-0.39, 0.29) is 0 Å². The molecule has 3 N–H and O–H groups in total. The smallest absolute Gasteiger partial charge is 0.237 e. The summed E-state index contributed by atoms with van der Waals surface area (Å²) < 4.78 is 5.38. The van der Waals surface area contributed by atoms with Crippen molar-refractivity contribution in [3.8, 4) is 17.0 Å². The molecule has 5 heteroatoms. The molecule has 0 unspecified atom stereocenters. The van der Waals surface area contributed by atoms with Gasteiger partial charge in [-0.2, -0.15) is 0 Å². The highest BCUT2D eigenvalue weighted by molar-refractivity contribution is 5.71. The van der Waals surface area contributed by atoms with Gasteiger partial charge in [-0.25, -0.2) is 15.8 Å². The van der Waals surface area contributed by atoms with Crippen molar-refractivity contribution >= 4 is 5.95 Å². The van der Waals surface area contributed by atoms with Crippen molar-refractivity contribution in [2.24, 2.45) is 5.84 Å². The van der Waals surface area contributed by atoms with Crippen molar-refractivity contribution in [3.05, 3.63) is 35.0 Å². The molecule has 0 aliphatic heterocycles. The molecule has 2 aromatic rings. The third-order valence-electron chi connectivity index (χ3n) is 3.31. The van der Waals surface area contributed by atoms with E-state index in [0.29, 0.717) is 5.95 Å². The van der Waals surface area contributed by atoms with Crippen LogP contribution in [0.2, 0.25) is 0 Å². The minimum absolute atomic E-state index is 0.407. The summed E-state index contributed by atoms with van der Waals surface area (Å²) in [4.78, 5) is 8.42. The Kier molecular flexibility index (Phi) is 3.66. The molecule has 0 aliphatic carbocycles. The molecule has 0 aliphatic rings. The minimum atomic E-state index is 0.407. The molecule has 100 valence electrons. The van der Waals surface area contributed by atoms with Crippen LogP contribution in [-0.2, 0) is 0 Å². The SMILES string of the molecule is COc1cc(C)c(-c2ccnc(NN)n2)c(C)c1C. The van der Waals surface area contributed by atoms with Crippen molar-refractivity contribution < 1.29 is 4.74 Å². The molecule has 1 heterocycles. The number of benzene rings is 1. The summed E-state index contributed by atoms with van der Waals surface area (Å²) in [6, 6.07) is 3.90. The lowest BCUT2D eigenvalue weighted by Gasteiger charge is -2.15. The Balaban J connectivity index is 2.65. The predicted molar refractivity (Wildman–Crippen MR) is 76.0 cm³/mol. The molecule has 0 saturated carbocycles. The second kappa shape index (κ2) is 5.24. The molecule has 0 spiro atoms. The van der Waals surface area contributed by atoms with Crippen LogP contribution in [-0.4, -0.2) is 17.1 Å². The van der Waals surface area contributed by atoms with Gasteiger partial charge in [0.1, 0.15) is 5.75 Å². The van der Waals surface area contributed by atoms with Crippen LogP contribution in [0.4, 0.5) is 5.95 Å². The molecule has 0 radical (unpaired) electrons. The maximum absolute atomic E-state index is 5.38. The molecule has 19 heavy (non-hydrogen) atoms. The first-order chi connectivity index (χ1) is 9.08. The first kappa shape index (κ1) is 13.3. The summed E-state index contributed by atoms with van der Waals surface area (Å²) in [5.41, 5.74) is 7.79. The van der Waals surface area contributed by atoms with Gasteiger partial charge >= 0.3 is 0 Å². The normalized spacial score (nSPS) is 10.4. The van der Waals surface area contributed by atoms with Crippen molar-refractivity contribution in [3.63, 3.8) is 0 Å². The first-order valence-electron chi connectivity index (χ1n) is 6.03. The number of anilines is 1. The second-order valence-electron chi connectivity index (χ2n) is 4.43. The van der Waals surface area contributed by atoms with Crippen LogP contribution >= 0.6 is 0 Å². The van der Waals surface area contributed by atoms with Crippen LogP contribution in [0.25, 0.3) is 11.3 Å². The predicted octanol–water partition coefficient (Wildman–Crippen LogP) is 2.36. The summed E-state index contributed by atoms with van der Waals surface area (Å²) in [5, 5.41) is 0. The summed E-state index contributed by atoms with van der Waals surface area (Å²) in [6.07, 6.45) is 1.69. The average molecular weight is 258 g/mol. The Hall–Kier alpha value is -2.14. The van der Waals surface area contributed by atoms with E-state index < -0.39 is 0 Å². The van der Waals surface area contributed by atoms with E-state index in [2.05, 4.69) is 22.3 Å². The maximum Gasteiger partial charge on any atom is 0.237 e. The number of nitrogens with two attached hydrogens (primary N) is 1. The van der Waals surface area contributed by atoms with E-state index in [1.807, 2.05) is 26.0 Å².